The molecule has 0 aliphatic carbocycles. The number of rotatable bonds is 5. The van der Waals surface area contributed by atoms with E-state index < -0.39 is 14.9 Å². The van der Waals surface area contributed by atoms with Gasteiger partial charge < -0.3 is 0 Å². The standard InChI is InChI=1S/C14H12ClN3O4S/c1-10-8-12(6-7-14(10)18(19)20)23(21,22)17-16-9-11-4-2-3-5-13(11)15/h2-9,17H,1H3/b16-9+. The van der Waals surface area contributed by atoms with Crippen LogP contribution >= 0.6 is 11.6 Å². The van der Waals surface area contributed by atoms with Gasteiger partial charge in [-0.25, -0.2) is 4.83 Å². The Morgan fingerprint density at radius 1 is 1.26 bits per heavy atom. The van der Waals surface area contributed by atoms with Crippen molar-refractivity contribution < 1.29 is 13.3 Å². The minimum Gasteiger partial charge on any atom is -0.258 e. The van der Waals surface area contributed by atoms with E-state index in [4.69, 9.17) is 11.6 Å². The Labute approximate surface area is 137 Å². The smallest absolute Gasteiger partial charge is 0.258 e. The first-order valence-corrected chi connectivity index (χ1v) is 8.22. The molecule has 1 N–H and O–H groups in total. The highest BCUT2D eigenvalue weighted by Crippen LogP contribution is 2.21. The summed E-state index contributed by atoms with van der Waals surface area (Å²) in [6.45, 7) is 1.46. The number of aryl methyl sites for hydroxylation is 1. The van der Waals surface area contributed by atoms with E-state index in [-0.39, 0.29) is 16.1 Å². The maximum atomic E-state index is 12.1. The second-order valence-corrected chi connectivity index (χ2v) is 6.65. The van der Waals surface area contributed by atoms with Crippen LogP contribution in [0.4, 0.5) is 5.69 Å². The highest BCUT2D eigenvalue weighted by molar-refractivity contribution is 7.89. The fourth-order valence-electron chi connectivity index (χ4n) is 1.80. The fraction of sp³-hybridized carbons (Fsp3) is 0.0714. The average molecular weight is 354 g/mol. The average Bonchev–Trinajstić information content (AvgIpc) is 2.48. The molecule has 2 aromatic rings. The van der Waals surface area contributed by atoms with Crippen molar-refractivity contribution >= 4 is 33.5 Å². The Balaban J connectivity index is 2.21. The monoisotopic (exact) mass is 353 g/mol. The zero-order valence-corrected chi connectivity index (χ0v) is 13.5. The molecule has 0 heterocycles. The Kier molecular flexibility index (Phi) is 4.97. The van der Waals surface area contributed by atoms with E-state index >= 15 is 0 Å². The first kappa shape index (κ1) is 16.9. The van der Waals surface area contributed by atoms with Gasteiger partial charge in [-0.3, -0.25) is 10.1 Å². The number of halogens is 1. The van der Waals surface area contributed by atoms with E-state index in [1.165, 1.54) is 19.2 Å². The Morgan fingerprint density at radius 3 is 2.57 bits per heavy atom. The summed E-state index contributed by atoms with van der Waals surface area (Å²) in [5.74, 6) is 0. The molecule has 0 aromatic heterocycles. The molecule has 2 rings (SSSR count). The molecule has 0 amide bonds. The van der Waals surface area contributed by atoms with Gasteiger partial charge in [-0.15, -0.1) is 0 Å². The van der Waals surface area contributed by atoms with Crippen LogP contribution in [-0.2, 0) is 10.0 Å². The number of nitro benzene ring substituents is 1. The van der Waals surface area contributed by atoms with Crippen molar-refractivity contribution in [3.8, 4) is 0 Å². The lowest BCUT2D eigenvalue weighted by Gasteiger charge is -2.05. The highest BCUT2D eigenvalue weighted by atomic mass is 35.5. The summed E-state index contributed by atoms with van der Waals surface area (Å²) in [5, 5.41) is 14.8. The van der Waals surface area contributed by atoms with Gasteiger partial charge in [0.1, 0.15) is 0 Å². The van der Waals surface area contributed by atoms with Gasteiger partial charge in [0.15, 0.2) is 0 Å². The summed E-state index contributed by atoms with van der Waals surface area (Å²) >= 11 is 5.93. The summed E-state index contributed by atoms with van der Waals surface area (Å²) < 4.78 is 24.2. The number of nitro groups is 1. The third-order valence-corrected chi connectivity index (χ3v) is 4.52. The van der Waals surface area contributed by atoms with Gasteiger partial charge in [0, 0.05) is 22.2 Å². The Morgan fingerprint density at radius 2 is 1.96 bits per heavy atom. The van der Waals surface area contributed by atoms with Crippen LogP contribution in [0, 0.1) is 17.0 Å². The SMILES string of the molecule is Cc1cc(S(=O)(=O)N/N=C/c2ccccc2Cl)ccc1[N+](=O)[O-]. The van der Waals surface area contributed by atoms with Crippen molar-refractivity contribution in [2.24, 2.45) is 5.10 Å². The van der Waals surface area contributed by atoms with Crippen molar-refractivity contribution in [2.75, 3.05) is 0 Å². The molecule has 0 atom stereocenters. The number of hydrazone groups is 1. The van der Waals surface area contributed by atoms with Crippen molar-refractivity contribution in [1.29, 1.82) is 0 Å². The summed E-state index contributed by atoms with van der Waals surface area (Å²) in [7, 11) is -3.92. The molecule has 0 unspecified atom stereocenters. The van der Waals surface area contributed by atoms with E-state index in [1.807, 2.05) is 4.83 Å². The number of benzene rings is 2. The van der Waals surface area contributed by atoms with Gasteiger partial charge >= 0.3 is 0 Å². The molecule has 0 radical (unpaired) electrons. The van der Waals surface area contributed by atoms with Gasteiger partial charge in [0.25, 0.3) is 15.7 Å². The molecule has 0 saturated heterocycles. The maximum Gasteiger partial charge on any atom is 0.276 e. The molecular formula is C14H12ClN3O4S. The summed E-state index contributed by atoms with van der Waals surface area (Å²) in [4.78, 5) is 12.1. The number of sulfonamides is 1. The summed E-state index contributed by atoms with van der Waals surface area (Å²) in [6.07, 6.45) is 1.28. The van der Waals surface area contributed by atoms with Crippen molar-refractivity contribution in [3.05, 3.63) is 68.7 Å². The molecular weight excluding hydrogens is 342 g/mol. The lowest BCUT2D eigenvalue weighted by Crippen LogP contribution is -2.18. The predicted octanol–water partition coefficient (Wildman–Crippen LogP) is 2.87. The zero-order chi connectivity index (χ0) is 17.0. The van der Waals surface area contributed by atoms with Gasteiger partial charge in [-0.1, -0.05) is 29.8 Å². The van der Waals surface area contributed by atoms with Crippen molar-refractivity contribution in [3.63, 3.8) is 0 Å². The van der Waals surface area contributed by atoms with E-state index in [2.05, 4.69) is 5.10 Å². The van der Waals surface area contributed by atoms with E-state index in [0.29, 0.717) is 10.6 Å². The van der Waals surface area contributed by atoms with Crippen LogP contribution in [0.15, 0.2) is 52.5 Å². The first-order chi connectivity index (χ1) is 10.8. The molecule has 120 valence electrons. The maximum absolute atomic E-state index is 12.1. The van der Waals surface area contributed by atoms with Crippen LogP contribution in [0.2, 0.25) is 5.02 Å². The third kappa shape index (κ3) is 4.05. The van der Waals surface area contributed by atoms with Gasteiger partial charge in [-0.05, 0) is 25.1 Å². The fourth-order valence-corrected chi connectivity index (χ4v) is 2.86. The number of nitrogens with zero attached hydrogens (tertiary/aromatic N) is 2. The van der Waals surface area contributed by atoms with Crippen molar-refractivity contribution in [2.45, 2.75) is 11.8 Å². The molecule has 9 heteroatoms. The van der Waals surface area contributed by atoms with Crippen LogP contribution in [0.5, 0.6) is 0 Å². The normalized spacial score (nSPS) is 11.6. The zero-order valence-electron chi connectivity index (χ0n) is 11.9. The minimum atomic E-state index is -3.92. The van der Waals surface area contributed by atoms with Crippen LogP contribution < -0.4 is 4.83 Å². The molecule has 2 aromatic carbocycles. The second-order valence-electron chi connectivity index (χ2n) is 4.58. The third-order valence-electron chi connectivity index (χ3n) is 2.96. The first-order valence-electron chi connectivity index (χ1n) is 6.36. The van der Waals surface area contributed by atoms with Crippen molar-refractivity contribution in [1.82, 2.24) is 4.83 Å². The van der Waals surface area contributed by atoms with E-state index in [0.717, 1.165) is 12.1 Å². The number of nitrogens with one attached hydrogen (secondary N) is 1. The van der Waals surface area contributed by atoms with Crippen LogP contribution in [-0.4, -0.2) is 19.6 Å². The minimum absolute atomic E-state index is 0.114. The van der Waals surface area contributed by atoms with Crippen LogP contribution in [0.25, 0.3) is 0 Å². The molecule has 23 heavy (non-hydrogen) atoms. The molecule has 0 aliphatic heterocycles. The number of hydrogen-bond donors (Lipinski definition) is 1. The van der Waals surface area contributed by atoms with Gasteiger partial charge in [0.05, 0.1) is 16.0 Å². The van der Waals surface area contributed by atoms with Gasteiger partial charge in [-0.2, -0.15) is 13.5 Å². The summed E-state index contributed by atoms with van der Waals surface area (Å²) in [6, 6.07) is 10.3. The van der Waals surface area contributed by atoms with E-state index in [1.54, 1.807) is 24.3 Å². The lowest BCUT2D eigenvalue weighted by atomic mass is 10.2. The molecule has 0 fully saturated rings. The topological polar surface area (TPSA) is 102 Å². The molecule has 0 aliphatic rings. The largest absolute Gasteiger partial charge is 0.276 e. The molecule has 7 nitrogen and oxygen atoms in total. The Hall–Kier alpha value is -2.45. The van der Waals surface area contributed by atoms with E-state index in [9.17, 15) is 18.5 Å². The summed E-state index contributed by atoms with van der Waals surface area (Å²) in [5.41, 5.74) is 0.647. The lowest BCUT2D eigenvalue weighted by molar-refractivity contribution is -0.385. The highest BCUT2D eigenvalue weighted by Gasteiger charge is 2.17. The van der Waals surface area contributed by atoms with Gasteiger partial charge in [0.2, 0.25) is 0 Å². The van der Waals surface area contributed by atoms with Crippen LogP contribution in [0.3, 0.4) is 0 Å². The second kappa shape index (κ2) is 6.76. The molecule has 0 bridgehead atoms. The van der Waals surface area contributed by atoms with Crippen LogP contribution in [0.1, 0.15) is 11.1 Å². The number of hydrogen-bond acceptors (Lipinski definition) is 5. The quantitative estimate of drug-likeness (QED) is 0.507. The molecule has 0 saturated carbocycles. The molecule has 0 spiro atoms. The predicted molar refractivity (Wildman–Crippen MR) is 87.2 cm³/mol. The Bertz CT molecular complexity index is 881.